The zero-order valence-corrected chi connectivity index (χ0v) is 12.6. The lowest BCUT2D eigenvalue weighted by molar-refractivity contribution is -0.138. The van der Waals surface area contributed by atoms with E-state index in [4.69, 9.17) is 23.2 Å². The molecular formula is C16H13Cl2NO2. The summed E-state index contributed by atoms with van der Waals surface area (Å²) in [5.74, 6) is -0.829. The van der Waals surface area contributed by atoms with Crippen LogP contribution in [0.4, 0.5) is 5.69 Å². The first kappa shape index (κ1) is 14.2. The van der Waals surface area contributed by atoms with Crippen LogP contribution in [0.5, 0.6) is 0 Å². The fourth-order valence-electron chi connectivity index (χ4n) is 2.71. The Morgan fingerprint density at radius 1 is 1.24 bits per heavy atom. The Morgan fingerprint density at radius 3 is 2.76 bits per heavy atom. The molecular weight excluding hydrogens is 309 g/mol. The maximum Gasteiger partial charge on any atom is 0.326 e. The summed E-state index contributed by atoms with van der Waals surface area (Å²) in [6.45, 7) is 0.424. The van der Waals surface area contributed by atoms with Crippen molar-refractivity contribution >= 4 is 34.9 Å². The van der Waals surface area contributed by atoms with Gasteiger partial charge in [0.15, 0.2) is 0 Å². The zero-order chi connectivity index (χ0) is 15.0. The largest absolute Gasteiger partial charge is 0.480 e. The van der Waals surface area contributed by atoms with E-state index in [1.54, 1.807) is 18.2 Å². The van der Waals surface area contributed by atoms with Crippen LogP contribution in [-0.2, 0) is 17.8 Å². The predicted molar refractivity (Wildman–Crippen MR) is 84.2 cm³/mol. The van der Waals surface area contributed by atoms with Gasteiger partial charge in [-0.3, -0.25) is 0 Å². The summed E-state index contributed by atoms with van der Waals surface area (Å²) in [7, 11) is 0. The molecule has 2 aromatic carbocycles. The third-order valence-electron chi connectivity index (χ3n) is 3.72. The number of carboxylic acids is 1. The predicted octanol–water partition coefficient (Wildman–Crippen LogP) is 4.01. The lowest BCUT2D eigenvalue weighted by Gasteiger charge is -2.25. The quantitative estimate of drug-likeness (QED) is 0.928. The topological polar surface area (TPSA) is 40.5 Å². The van der Waals surface area contributed by atoms with Crippen LogP contribution in [0.1, 0.15) is 11.1 Å². The van der Waals surface area contributed by atoms with Gasteiger partial charge in [-0.1, -0.05) is 41.4 Å². The molecule has 0 saturated heterocycles. The van der Waals surface area contributed by atoms with Crippen LogP contribution in [0.25, 0.3) is 0 Å². The van der Waals surface area contributed by atoms with Crippen molar-refractivity contribution in [2.24, 2.45) is 0 Å². The van der Waals surface area contributed by atoms with Crippen LogP contribution in [-0.4, -0.2) is 17.1 Å². The van der Waals surface area contributed by atoms with Gasteiger partial charge in [0.05, 0.1) is 0 Å². The van der Waals surface area contributed by atoms with Gasteiger partial charge in [0.1, 0.15) is 6.04 Å². The third-order valence-corrected chi connectivity index (χ3v) is 4.33. The number of para-hydroxylation sites is 1. The number of rotatable bonds is 3. The monoisotopic (exact) mass is 321 g/mol. The van der Waals surface area contributed by atoms with Crippen molar-refractivity contribution in [1.82, 2.24) is 0 Å². The fourth-order valence-corrected chi connectivity index (χ4v) is 3.09. The molecule has 3 rings (SSSR count). The lowest BCUT2D eigenvalue weighted by Crippen LogP contribution is -2.38. The van der Waals surface area contributed by atoms with E-state index in [1.165, 1.54) is 0 Å². The molecule has 1 unspecified atom stereocenters. The lowest BCUT2D eigenvalue weighted by atomic mass is 10.1. The molecule has 1 heterocycles. The van der Waals surface area contributed by atoms with E-state index in [0.29, 0.717) is 23.0 Å². The van der Waals surface area contributed by atoms with E-state index >= 15 is 0 Å². The molecule has 21 heavy (non-hydrogen) atoms. The maximum atomic E-state index is 11.5. The maximum absolute atomic E-state index is 11.5. The fraction of sp³-hybridized carbons (Fsp3) is 0.188. The molecule has 0 saturated carbocycles. The Hall–Kier alpha value is -1.71. The first-order valence-corrected chi connectivity index (χ1v) is 7.33. The summed E-state index contributed by atoms with van der Waals surface area (Å²) < 4.78 is 0. The molecule has 0 aromatic heterocycles. The summed E-state index contributed by atoms with van der Waals surface area (Å²) in [6.07, 6.45) is 0.504. The van der Waals surface area contributed by atoms with Gasteiger partial charge in [0.2, 0.25) is 0 Å². The van der Waals surface area contributed by atoms with Crippen molar-refractivity contribution in [3.63, 3.8) is 0 Å². The molecule has 0 aliphatic carbocycles. The molecule has 0 amide bonds. The second-order valence-electron chi connectivity index (χ2n) is 5.05. The van der Waals surface area contributed by atoms with Crippen molar-refractivity contribution < 1.29 is 9.90 Å². The number of hydrogen-bond donors (Lipinski definition) is 1. The average Bonchev–Trinajstić information content (AvgIpc) is 2.82. The molecule has 108 valence electrons. The minimum Gasteiger partial charge on any atom is -0.480 e. The van der Waals surface area contributed by atoms with Crippen molar-refractivity contribution in [3.05, 3.63) is 63.6 Å². The number of carbonyl (C=O) groups is 1. The smallest absolute Gasteiger partial charge is 0.326 e. The Labute approximate surface area is 132 Å². The van der Waals surface area contributed by atoms with Crippen molar-refractivity contribution in [2.45, 2.75) is 19.0 Å². The Kier molecular flexibility index (Phi) is 3.79. The number of anilines is 1. The number of carboxylic acid groups (broad SMARTS) is 1. The van der Waals surface area contributed by atoms with Crippen molar-refractivity contribution in [3.8, 4) is 0 Å². The third kappa shape index (κ3) is 2.71. The van der Waals surface area contributed by atoms with Gasteiger partial charge in [-0.05, 0) is 35.4 Å². The van der Waals surface area contributed by atoms with Crippen LogP contribution >= 0.6 is 23.2 Å². The summed E-state index contributed by atoms with van der Waals surface area (Å²) in [6, 6.07) is 12.4. The Morgan fingerprint density at radius 2 is 2.00 bits per heavy atom. The number of benzene rings is 2. The molecule has 0 spiro atoms. The van der Waals surface area contributed by atoms with Gasteiger partial charge in [0, 0.05) is 28.7 Å². The normalized spacial score (nSPS) is 16.9. The number of halogens is 2. The Balaban J connectivity index is 1.98. The minimum atomic E-state index is -0.829. The van der Waals surface area contributed by atoms with E-state index in [2.05, 4.69) is 0 Å². The molecule has 1 atom stereocenters. The molecule has 1 N–H and O–H groups in total. The van der Waals surface area contributed by atoms with Crippen LogP contribution in [0.15, 0.2) is 42.5 Å². The first-order valence-electron chi connectivity index (χ1n) is 6.57. The van der Waals surface area contributed by atoms with E-state index < -0.39 is 12.0 Å². The first-order chi connectivity index (χ1) is 10.1. The van der Waals surface area contributed by atoms with Gasteiger partial charge in [-0.2, -0.15) is 0 Å². The summed E-state index contributed by atoms with van der Waals surface area (Å²) in [5.41, 5.74) is 2.82. The number of hydrogen-bond acceptors (Lipinski definition) is 2. The highest BCUT2D eigenvalue weighted by molar-refractivity contribution is 6.33. The molecule has 0 radical (unpaired) electrons. The summed E-state index contributed by atoms with van der Waals surface area (Å²) >= 11 is 12.2. The van der Waals surface area contributed by atoms with Gasteiger partial charge in [0.25, 0.3) is 0 Å². The zero-order valence-electron chi connectivity index (χ0n) is 11.1. The van der Waals surface area contributed by atoms with E-state index in [0.717, 1.165) is 16.8 Å². The van der Waals surface area contributed by atoms with Gasteiger partial charge in [-0.25, -0.2) is 4.79 Å². The molecule has 5 heteroatoms. The van der Waals surface area contributed by atoms with E-state index in [9.17, 15) is 9.90 Å². The minimum absolute atomic E-state index is 0.424. The number of aliphatic carboxylic acids is 1. The summed E-state index contributed by atoms with van der Waals surface area (Å²) in [4.78, 5) is 13.4. The average molecular weight is 322 g/mol. The Bertz CT molecular complexity index is 702. The second-order valence-corrected chi connectivity index (χ2v) is 5.89. The SMILES string of the molecule is O=C(O)C1Cc2ccccc2N1Cc1cc(Cl)ccc1Cl. The van der Waals surface area contributed by atoms with Crippen molar-refractivity contribution in [2.75, 3.05) is 4.90 Å². The van der Waals surface area contributed by atoms with Crippen LogP contribution < -0.4 is 4.90 Å². The van der Waals surface area contributed by atoms with Crippen LogP contribution in [0.3, 0.4) is 0 Å². The summed E-state index contributed by atoms with van der Waals surface area (Å²) in [5, 5.41) is 10.6. The molecule has 2 aromatic rings. The highest BCUT2D eigenvalue weighted by Gasteiger charge is 2.34. The van der Waals surface area contributed by atoms with Gasteiger partial charge >= 0.3 is 5.97 Å². The molecule has 0 bridgehead atoms. The second kappa shape index (κ2) is 5.58. The molecule has 1 aliphatic heterocycles. The number of nitrogens with zero attached hydrogens (tertiary/aromatic N) is 1. The van der Waals surface area contributed by atoms with E-state index in [-0.39, 0.29) is 0 Å². The van der Waals surface area contributed by atoms with Gasteiger partial charge < -0.3 is 10.0 Å². The van der Waals surface area contributed by atoms with Gasteiger partial charge in [-0.15, -0.1) is 0 Å². The standard InChI is InChI=1S/C16H13Cl2NO2/c17-12-5-6-13(18)11(7-12)9-19-14-4-2-1-3-10(14)8-15(19)16(20)21/h1-7,15H,8-9H2,(H,20,21). The molecule has 1 aliphatic rings. The van der Waals surface area contributed by atoms with Crippen LogP contribution in [0.2, 0.25) is 10.0 Å². The highest BCUT2D eigenvalue weighted by Crippen LogP contribution is 2.34. The van der Waals surface area contributed by atoms with Crippen LogP contribution in [0, 0.1) is 0 Å². The highest BCUT2D eigenvalue weighted by atomic mass is 35.5. The molecule has 3 nitrogen and oxygen atoms in total. The molecule has 0 fully saturated rings. The van der Waals surface area contributed by atoms with E-state index in [1.807, 2.05) is 29.2 Å². The number of fused-ring (bicyclic) bond motifs is 1. The van der Waals surface area contributed by atoms with Crippen molar-refractivity contribution in [1.29, 1.82) is 0 Å².